The standard InChI is InChI=1S/C19H21O2P/c1-2-10-17(15-9-16-20)22(21,18-11-5-3-6-12-18)19-13-7-4-8-14-19/h3-15,20H,2,16H2,1H3/b15-9+,17-10+. The molecule has 22 heavy (non-hydrogen) atoms. The number of hydrogen-bond donors (Lipinski definition) is 1. The van der Waals surface area contributed by atoms with E-state index in [1.807, 2.05) is 73.7 Å². The molecule has 0 aromatic heterocycles. The van der Waals surface area contributed by atoms with Gasteiger partial charge in [0.15, 0.2) is 7.14 Å². The third kappa shape index (κ3) is 3.47. The van der Waals surface area contributed by atoms with Crippen molar-refractivity contribution in [3.05, 3.63) is 84.2 Å². The molecule has 0 aliphatic rings. The van der Waals surface area contributed by atoms with Gasteiger partial charge in [0.2, 0.25) is 0 Å². The lowest BCUT2D eigenvalue weighted by atomic mass is 10.3. The molecule has 0 saturated carbocycles. The minimum Gasteiger partial charge on any atom is -0.392 e. The molecule has 2 rings (SSSR count). The molecule has 1 N–H and O–H groups in total. The summed E-state index contributed by atoms with van der Waals surface area (Å²) in [6.07, 6.45) is 6.19. The van der Waals surface area contributed by atoms with Gasteiger partial charge in [0.1, 0.15) is 0 Å². The van der Waals surface area contributed by atoms with Crippen molar-refractivity contribution in [1.29, 1.82) is 0 Å². The monoisotopic (exact) mass is 312 g/mol. The van der Waals surface area contributed by atoms with Crippen molar-refractivity contribution in [2.75, 3.05) is 6.61 Å². The molecule has 0 unspecified atom stereocenters. The molecule has 2 nitrogen and oxygen atoms in total. The molecule has 0 atom stereocenters. The summed E-state index contributed by atoms with van der Waals surface area (Å²) in [5, 5.41) is 11.5. The number of benzene rings is 2. The smallest absolute Gasteiger partial charge is 0.170 e. The predicted octanol–water partition coefficient (Wildman–Crippen LogP) is 3.84. The molecule has 0 bridgehead atoms. The first kappa shape index (κ1) is 16.5. The highest BCUT2D eigenvalue weighted by atomic mass is 31.2. The van der Waals surface area contributed by atoms with Gasteiger partial charge in [0, 0.05) is 15.9 Å². The third-order valence-electron chi connectivity index (χ3n) is 3.41. The van der Waals surface area contributed by atoms with Crippen LogP contribution in [-0.2, 0) is 4.57 Å². The molecule has 0 fully saturated rings. The van der Waals surface area contributed by atoms with Gasteiger partial charge in [-0.2, -0.15) is 0 Å². The van der Waals surface area contributed by atoms with Crippen LogP contribution in [0.2, 0.25) is 0 Å². The van der Waals surface area contributed by atoms with Gasteiger partial charge in [0.25, 0.3) is 0 Å². The zero-order valence-electron chi connectivity index (χ0n) is 12.7. The Bertz CT molecular complexity index is 644. The molecule has 3 heteroatoms. The summed E-state index contributed by atoms with van der Waals surface area (Å²) in [7, 11) is -2.92. The van der Waals surface area contributed by atoms with Crippen LogP contribution in [0.5, 0.6) is 0 Å². The van der Waals surface area contributed by atoms with Crippen molar-refractivity contribution in [2.24, 2.45) is 0 Å². The Labute approximate surface area is 132 Å². The predicted molar refractivity (Wildman–Crippen MR) is 94.4 cm³/mol. The molecule has 0 amide bonds. The maximum atomic E-state index is 14.0. The van der Waals surface area contributed by atoms with Gasteiger partial charge < -0.3 is 9.67 Å². The van der Waals surface area contributed by atoms with Crippen LogP contribution in [-0.4, -0.2) is 11.7 Å². The van der Waals surface area contributed by atoms with E-state index in [1.54, 1.807) is 12.2 Å². The summed E-state index contributed by atoms with van der Waals surface area (Å²) in [4.78, 5) is 0. The van der Waals surface area contributed by atoms with Crippen molar-refractivity contribution in [1.82, 2.24) is 0 Å². The second-order valence-electron chi connectivity index (χ2n) is 4.90. The van der Waals surface area contributed by atoms with Crippen molar-refractivity contribution in [3.8, 4) is 0 Å². The Balaban J connectivity index is 2.68. The molecule has 0 aliphatic carbocycles. The number of aliphatic hydroxyl groups excluding tert-OH is 1. The van der Waals surface area contributed by atoms with Crippen LogP contribution in [0.15, 0.2) is 84.2 Å². The molecule has 2 aromatic carbocycles. The molecule has 0 spiro atoms. The zero-order valence-corrected chi connectivity index (χ0v) is 13.6. The Morgan fingerprint density at radius 2 is 1.50 bits per heavy atom. The quantitative estimate of drug-likeness (QED) is 0.650. The van der Waals surface area contributed by atoms with E-state index in [1.165, 1.54) is 0 Å². The maximum absolute atomic E-state index is 14.0. The van der Waals surface area contributed by atoms with Crippen LogP contribution >= 0.6 is 7.14 Å². The highest BCUT2D eigenvalue weighted by molar-refractivity contribution is 7.82. The highest BCUT2D eigenvalue weighted by Crippen LogP contribution is 2.52. The molecular weight excluding hydrogens is 291 g/mol. The minimum absolute atomic E-state index is 0.0648. The summed E-state index contributed by atoms with van der Waals surface area (Å²) in [6, 6.07) is 19.1. The minimum atomic E-state index is -2.92. The summed E-state index contributed by atoms with van der Waals surface area (Å²) in [5.41, 5.74) is 0. The van der Waals surface area contributed by atoms with Gasteiger partial charge in [-0.1, -0.05) is 85.8 Å². The Kier molecular flexibility index (Phi) is 5.94. The fourth-order valence-electron chi connectivity index (χ4n) is 2.41. The van der Waals surface area contributed by atoms with Crippen LogP contribution < -0.4 is 10.6 Å². The van der Waals surface area contributed by atoms with E-state index in [9.17, 15) is 4.57 Å². The first-order valence-corrected chi connectivity index (χ1v) is 9.13. The van der Waals surface area contributed by atoms with Gasteiger partial charge in [-0.3, -0.25) is 0 Å². The van der Waals surface area contributed by atoms with Crippen molar-refractivity contribution >= 4 is 17.8 Å². The maximum Gasteiger partial charge on any atom is 0.170 e. The summed E-state index contributed by atoms with van der Waals surface area (Å²) in [5.74, 6) is 0. The number of hydrogen-bond acceptors (Lipinski definition) is 2. The van der Waals surface area contributed by atoms with Gasteiger partial charge in [0.05, 0.1) is 6.61 Å². The first-order valence-electron chi connectivity index (χ1n) is 7.43. The van der Waals surface area contributed by atoms with Gasteiger partial charge in [-0.15, -0.1) is 0 Å². The molecule has 0 aliphatic heterocycles. The lowest BCUT2D eigenvalue weighted by Crippen LogP contribution is -2.17. The first-order chi connectivity index (χ1) is 10.7. The number of allylic oxidation sites excluding steroid dienone is 3. The summed E-state index contributed by atoms with van der Waals surface area (Å²) < 4.78 is 14.0. The van der Waals surface area contributed by atoms with Crippen LogP contribution in [0.3, 0.4) is 0 Å². The fraction of sp³-hybridized carbons (Fsp3) is 0.158. The molecule has 2 aromatic rings. The highest BCUT2D eigenvalue weighted by Gasteiger charge is 2.29. The summed E-state index contributed by atoms with van der Waals surface area (Å²) >= 11 is 0. The molecule has 0 saturated heterocycles. The van der Waals surface area contributed by atoms with Gasteiger partial charge in [-0.25, -0.2) is 0 Å². The Hall–Kier alpha value is -1.89. The zero-order chi connectivity index (χ0) is 15.8. The van der Waals surface area contributed by atoms with E-state index in [4.69, 9.17) is 5.11 Å². The lowest BCUT2D eigenvalue weighted by Gasteiger charge is -2.21. The van der Waals surface area contributed by atoms with Crippen LogP contribution in [0.4, 0.5) is 0 Å². The topological polar surface area (TPSA) is 37.3 Å². The van der Waals surface area contributed by atoms with Crippen molar-refractivity contribution in [3.63, 3.8) is 0 Å². The SMILES string of the molecule is CC/C=C(\C=C\CO)P(=O)(c1ccccc1)c1ccccc1. The normalized spacial score (nSPS) is 12.7. The Morgan fingerprint density at radius 3 is 1.91 bits per heavy atom. The van der Waals surface area contributed by atoms with E-state index >= 15 is 0 Å². The van der Waals surface area contributed by atoms with E-state index in [2.05, 4.69) is 0 Å². The van der Waals surface area contributed by atoms with E-state index in [0.29, 0.717) is 0 Å². The third-order valence-corrected chi connectivity index (χ3v) is 6.52. The fourth-order valence-corrected chi connectivity index (χ4v) is 5.24. The Morgan fingerprint density at radius 1 is 1.00 bits per heavy atom. The molecular formula is C19H21O2P. The van der Waals surface area contributed by atoms with Crippen molar-refractivity contribution < 1.29 is 9.67 Å². The molecule has 114 valence electrons. The molecule has 0 radical (unpaired) electrons. The van der Waals surface area contributed by atoms with Crippen molar-refractivity contribution in [2.45, 2.75) is 13.3 Å². The van der Waals surface area contributed by atoms with E-state index < -0.39 is 7.14 Å². The van der Waals surface area contributed by atoms with Crippen LogP contribution in [0.25, 0.3) is 0 Å². The second kappa shape index (κ2) is 7.93. The largest absolute Gasteiger partial charge is 0.392 e. The number of aliphatic hydroxyl groups is 1. The average molecular weight is 312 g/mol. The lowest BCUT2D eigenvalue weighted by molar-refractivity contribution is 0.342. The van der Waals surface area contributed by atoms with Gasteiger partial charge >= 0.3 is 0 Å². The summed E-state index contributed by atoms with van der Waals surface area (Å²) in [6.45, 7) is 1.96. The molecule has 0 heterocycles. The second-order valence-corrected chi connectivity index (χ2v) is 7.67. The number of rotatable bonds is 6. The van der Waals surface area contributed by atoms with Gasteiger partial charge in [-0.05, 0) is 6.42 Å². The van der Waals surface area contributed by atoms with E-state index in [-0.39, 0.29) is 6.61 Å². The van der Waals surface area contributed by atoms with Crippen LogP contribution in [0, 0.1) is 0 Å². The average Bonchev–Trinajstić information content (AvgIpc) is 2.59. The van der Waals surface area contributed by atoms with Crippen LogP contribution in [0.1, 0.15) is 13.3 Å². The van der Waals surface area contributed by atoms with E-state index in [0.717, 1.165) is 22.3 Å².